The van der Waals surface area contributed by atoms with Crippen LogP contribution in [0.15, 0.2) is 30.3 Å². The van der Waals surface area contributed by atoms with E-state index in [9.17, 15) is 20.0 Å². The van der Waals surface area contributed by atoms with Gasteiger partial charge in [-0.1, -0.05) is 49.5 Å². The summed E-state index contributed by atoms with van der Waals surface area (Å²) in [7, 11) is 0. The largest absolute Gasteiger partial charge is 0.480 e. The molecule has 0 radical (unpaired) electrons. The van der Waals surface area contributed by atoms with Crippen molar-refractivity contribution in [3.8, 4) is 6.07 Å². The molecule has 136 valence electrons. The number of nitrogens with zero attached hydrogens (tertiary/aromatic N) is 2. The summed E-state index contributed by atoms with van der Waals surface area (Å²) >= 11 is 6.78. The number of hydrogen-bond donors (Lipinski definition) is 2. The summed E-state index contributed by atoms with van der Waals surface area (Å²) < 4.78 is -0.695. The van der Waals surface area contributed by atoms with Crippen molar-refractivity contribution in [3.63, 3.8) is 0 Å². The Labute approximate surface area is 161 Å². The van der Waals surface area contributed by atoms with Crippen molar-refractivity contribution in [2.24, 2.45) is 0 Å². The van der Waals surface area contributed by atoms with Crippen LogP contribution in [0.2, 0.25) is 0 Å². The number of thioether (sulfide) groups is 1. The highest BCUT2D eigenvalue weighted by atomic mass is 32.2. The molecule has 0 spiro atoms. The van der Waals surface area contributed by atoms with Gasteiger partial charge in [0.2, 0.25) is 5.54 Å². The molecule has 2 aliphatic heterocycles. The fraction of sp³-hybridized carbons (Fsp3) is 0.444. The number of benzene rings is 1. The van der Waals surface area contributed by atoms with Crippen LogP contribution in [0, 0.1) is 11.3 Å². The SMILES string of the molecule is CC(C(=S)N[C@@]1(C#N)C(=O)N2[C@@H](C(=O)O)C(C)(C)S[C@@H]21)c1ccccc1. The van der Waals surface area contributed by atoms with E-state index in [1.54, 1.807) is 13.8 Å². The summed E-state index contributed by atoms with van der Waals surface area (Å²) in [6.45, 7) is 5.45. The number of carbonyl (C=O) groups excluding carboxylic acids is 1. The summed E-state index contributed by atoms with van der Waals surface area (Å²) in [6.07, 6.45) is 0. The Morgan fingerprint density at radius 1 is 1.42 bits per heavy atom. The summed E-state index contributed by atoms with van der Waals surface area (Å²) in [6, 6.07) is 10.7. The first-order valence-electron chi connectivity index (χ1n) is 8.17. The van der Waals surface area contributed by atoms with E-state index in [-0.39, 0.29) is 5.92 Å². The van der Waals surface area contributed by atoms with Gasteiger partial charge in [-0.05, 0) is 19.4 Å². The molecule has 1 aromatic carbocycles. The topological polar surface area (TPSA) is 93.4 Å². The molecule has 3 rings (SSSR count). The molecule has 0 aromatic heterocycles. The van der Waals surface area contributed by atoms with E-state index in [0.717, 1.165) is 5.56 Å². The fourth-order valence-corrected chi connectivity index (χ4v) is 5.44. The van der Waals surface area contributed by atoms with Gasteiger partial charge in [-0.3, -0.25) is 4.79 Å². The van der Waals surface area contributed by atoms with Crippen LogP contribution in [-0.2, 0) is 9.59 Å². The van der Waals surface area contributed by atoms with Crippen LogP contribution in [-0.4, -0.2) is 48.6 Å². The smallest absolute Gasteiger partial charge is 0.327 e. The van der Waals surface area contributed by atoms with Crippen LogP contribution in [0.25, 0.3) is 0 Å². The van der Waals surface area contributed by atoms with Crippen molar-refractivity contribution in [2.45, 2.75) is 48.4 Å². The number of hydrogen-bond acceptors (Lipinski definition) is 5. The minimum Gasteiger partial charge on any atom is -0.480 e. The highest BCUT2D eigenvalue weighted by Crippen LogP contribution is 2.54. The zero-order valence-electron chi connectivity index (χ0n) is 14.6. The number of nitrogens with one attached hydrogen (secondary N) is 1. The van der Waals surface area contributed by atoms with Crippen molar-refractivity contribution >= 4 is 40.8 Å². The number of carboxylic acids is 1. The zero-order chi connectivity index (χ0) is 19.3. The van der Waals surface area contributed by atoms with Gasteiger partial charge >= 0.3 is 5.97 Å². The fourth-order valence-electron chi connectivity index (χ4n) is 3.50. The number of fused-ring (bicyclic) bond motifs is 1. The zero-order valence-corrected chi connectivity index (χ0v) is 16.2. The van der Waals surface area contributed by atoms with Crippen LogP contribution in [0.3, 0.4) is 0 Å². The van der Waals surface area contributed by atoms with Crippen molar-refractivity contribution in [2.75, 3.05) is 0 Å². The van der Waals surface area contributed by atoms with E-state index in [0.29, 0.717) is 4.99 Å². The van der Waals surface area contributed by atoms with Gasteiger partial charge in [-0.25, -0.2) is 4.79 Å². The number of nitriles is 1. The predicted molar refractivity (Wildman–Crippen MR) is 103 cm³/mol. The van der Waals surface area contributed by atoms with Crippen molar-refractivity contribution in [1.29, 1.82) is 5.26 Å². The number of amides is 1. The quantitative estimate of drug-likeness (QED) is 0.602. The molecule has 2 heterocycles. The number of carbonyl (C=O) groups is 2. The number of β-lactam (4-membered cyclic amide) rings is 1. The number of carboxylic acid groups (broad SMARTS) is 1. The third-order valence-electron chi connectivity index (χ3n) is 4.97. The molecule has 2 N–H and O–H groups in total. The van der Waals surface area contributed by atoms with Crippen molar-refractivity contribution < 1.29 is 14.7 Å². The molecule has 26 heavy (non-hydrogen) atoms. The van der Waals surface area contributed by atoms with Gasteiger partial charge in [-0.2, -0.15) is 5.26 Å². The van der Waals surface area contributed by atoms with E-state index in [1.165, 1.54) is 16.7 Å². The van der Waals surface area contributed by atoms with E-state index in [2.05, 4.69) is 11.4 Å². The monoisotopic (exact) mass is 389 g/mol. The van der Waals surface area contributed by atoms with Crippen LogP contribution in [0.5, 0.6) is 0 Å². The van der Waals surface area contributed by atoms with Gasteiger partial charge in [0.05, 0.1) is 4.99 Å². The lowest BCUT2D eigenvalue weighted by Crippen LogP contribution is -2.79. The third kappa shape index (κ3) is 2.58. The molecule has 0 bridgehead atoms. The lowest BCUT2D eigenvalue weighted by atomic mass is 9.85. The van der Waals surface area contributed by atoms with Crippen LogP contribution in [0.1, 0.15) is 32.3 Å². The lowest BCUT2D eigenvalue weighted by molar-refractivity contribution is -0.163. The Bertz CT molecular complexity index is 821. The molecule has 2 aliphatic rings. The molecule has 2 fully saturated rings. The molecule has 8 heteroatoms. The van der Waals surface area contributed by atoms with E-state index in [4.69, 9.17) is 12.2 Å². The van der Waals surface area contributed by atoms with Gasteiger partial charge in [0.1, 0.15) is 17.5 Å². The molecular formula is C18H19N3O3S2. The van der Waals surface area contributed by atoms with Gasteiger partial charge < -0.3 is 15.3 Å². The summed E-state index contributed by atoms with van der Waals surface area (Å²) in [5.41, 5.74) is -0.545. The van der Waals surface area contributed by atoms with E-state index < -0.39 is 33.6 Å². The van der Waals surface area contributed by atoms with Gasteiger partial charge in [0.15, 0.2) is 0 Å². The molecule has 1 unspecified atom stereocenters. The maximum absolute atomic E-state index is 12.8. The number of aliphatic carboxylic acids is 1. The Morgan fingerprint density at radius 3 is 2.58 bits per heavy atom. The Balaban J connectivity index is 1.86. The average molecular weight is 390 g/mol. The molecule has 1 amide bonds. The summed E-state index contributed by atoms with van der Waals surface area (Å²) in [5.74, 6) is -1.77. The molecule has 6 nitrogen and oxygen atoms in total. The molecular weight excluding hydrogens is 370 g/mol. The van der Waals surface area contributed by atoms with E-state index in [1.807, 2.05) is 37.3 Å². The first-order valence-corrected chi connectivity index (χ1v) is 9.46. The van der Waals surface area contributed by atoms with Gasteiger partial charge in [0.25, 0.3) is 5.91 Å². The Hall–Kier alpha value is -2.11. The van der Waals surface area contributed by atoms with E-state index >= 15 is 0 Å². The first kappa shape index (κ1) is 18.7. The van der Waals surface area contributed by atoms with Crippen molar-refractivity contribution in [1.82, 2.24) is 10.2 Å². The second-order valence-corrected chi connectivity index (χ2v) is 9.24. The molecule has 1 aromatic rings. The normalized spacial score (nSPS) is 29.9. The maximum Gasteiger partial charge on any atom is 0.327 e. The highest BCUT2D eigenvalue weighted by Gasteiger charge is 2.72. The summed E-state index contributed by atoms with van der Waals surface area (Å²) in [5, 5.41) is 21.7. The first-order chi connectivity index (χ1) is 12.2. The molecule has 0 saturated carbocycles. The van der Waals surface area contributed by atoms with Crippen LogP contribution >= 0.6 is 24.0 Å². The number of rotatable bonds is 4. The highest BCUT2D eigenvalue weighted by molar-refractivity contribution is 8.01. The van der Waals surface area contributed by atoms with Crippen LogP contribution < -0.4 is 5.32 Å². The third-order valence-corrected chi connectivity index (χ3v) is 7.06. The van der Waals surface area contributed by atoms with Gasteiger partial charge in [0, 0.05) is 10.7 Å². The number of thiocarbonyl (C=S) groups is 1. The standard InChI is InChI=1S/C18H19N3O3S2/c1-10(11-7-5-4-6-8-11)13(25)20-18(9-19)15(24)21-12(14(22)23)17(2,3)26-16(18)21/h4-8,10,12,16H,1-3H3,(H,20,25)(H,22,23)/t10?,12-,16+,18-/m0/s1. The lowest BCUT2D eigenvalue weighted by Gasteiger charge is -2.49. The average Bonchev–Trinajstić information content (AvgIpc) is 2.88. The maximum atomic E-state index is 12.8. The Morgan fingerprint density at radius 2 is 2.04 bits per heavy atom. The molecule has 4 atom stereocenters. The molecule has 0 aliphatic carbocycles. The predicted octanol–water partition coefficient (Wildman–Crippen LogP) is 2.12. The summed E-state index contributed by atoms with van der Waals surface area (Å²) in [4.78, 5) is 26.1. The molecule has 2 saturated heterocycles. The second-order valence-electron chi connectivity index (χ2n) is 7.07. The minimum absolute atomic E-state index is 0.173. The second kappa shape index (κ2) is 6.25. The Kier molecular flexibility index (Phi) is 4.49. The van der Waals surface area contributed by atoms with Crippen LogP contribution in [0.4, 0.5) is 0 Å². The minimum atomic E-state index is -1.52. The van der Waals surface area contributed by atoms with Gasteiger partial charge in [-0.15, -0.1) is 11.8 Å². The van der Waals surface area contributed by atoms with Crippen molar-refractivity contribution in [3.05, 3.63) is 35.9 Å².